The van der Waals surface area contributed by atoms with Crippen molar-refractivity contribution < 1.29 is 14.3 Å². The highest BCUT2D eigenvalue weighted by molar-refractivity contribution is 9.12. The lowest BCUT2D eigenvalue weighted by atomic mass is 10.0. The average Bonchev–Trinajstić information content (AvgIpc) is 2.99. The minimum atomic E-state index is -0.596. The van der Waals surface area contributed by atoms with E-state index in [0.29, 0.717) is 4.91 Å². The van der Waals surface area contributed by atoms with Gasteiger partial charge < -0.3 is 9.64 Å². The van der Waals surface area contributed by atoms with Crippen molar-refractivity contribution in [3.05, 3.63) is 45.3 Å². The van der Waals surface area contributed by atoms with Crippen LogP contribution in [0.5, 0.6) is 0 Å². The summed E-state index contributed by atoms with van der Waals surface area (Å²) in [5, 5.41) is -0.147. The third-order valence-electron chi connectivity index (χ3n) is 4.20. The molecular formula is C18H20BrNO3S2. The van der Waals surface area contributed by atoms with Gasteiger partial charge in [0.15, 0.2) is 0 Å². The van der Waals surface area contributed by atoms with Gasteiger partial charge in [-0.1, -0.05) is 53.2 Å². The highest BCUT2D eigenvalue weighted by atomic mass is 79.9. The molecule has 0 N–H and O–H groups in total. The fourth-order valence-electron chi connectivity index (χ4n) is 3.09. The molecule has 2 aliphatic rings. The predicted molar refractivity (Wildman–Crippen MR) is 106 cm³/mol. The largest absolute Gasteiger partial charge is 0.459 e. The molecule has 134 valence electrons. The second-order valence-corrected chi connectivity index (χ2v) is 10.3. The van der Waals surface area contributed by atoms with E-state index in [2.05, 4.69) is 15.9 Å². The third kappa shape index (κ3) is 3.51. The van der Waals surface area contributed by atoms with Crippen molar-refractivity contribution in [1.82, 2.24) is 4.90 Å². The number of thioether (sulfide) groups is 2. The number of fused-ring (bicyclic) bond motifs is 1. The molecule has 0 spiro atoms. The number of esters is 1. The monoisotopic (exact) mass is 441 g/mol. The summed E-state index contributed by atoms with van der Waals surface area (Å²) >= 11 is 6.72. The van der Waals surface area contributed by atoms with E-state index >= 15 is 0 Å². The molecule has 1 saturated heterocycles. The Morgan fingerprint density at radius 3 is 2.68 bits per heavy atom. The second kappa shape index (κ2) is 7.37. The maximum atomic E-state index is 12.9. The van der Waals surface area contributed by atoms with Crippen LogP contribution in [0, 0.1) is 0 Å². The van der Waals surface area contributed by atoms with Crippen molar-refractivity contribution in [3.63, 3.8) is 0 Å². The summed E-state index contributed by atoms with van der Waals surface area (Å²) in [6.45, 7) is 6.21. The van der Waals surface area contributed by atoms with Crippen LogP contribution in [0.15, 0.2) is 39.7 Å². The van der Waals surface area contributed by atoms with Crippen LogP contribution in [-0.4, -0.2) is 38.7 Å². The quantitative estimate of drug-likeness (QED) is 0.642. The molecule has 2 atom stereocenters. The summed E-state index contributed by atoms with van der Waals surface area (Å²) in [5.41, 5.74) is 0.935. The topological polar surface area (TPSA) is 46.6 Å². The number of halogens is 1. The SMILES string of the molecule is CCSC1=C(Br)[C@H]2SC(C)(C)[C@H](C(=O)OCc3ccccc3)N2C1=O. The molecule has 2 aliphatic heterocycles. The van der Waals surface area contributed by atoms with E-state index in [0.717, 1.165) is 15.8 Å². The molecule has 1 aromatic rings. The zero-order chi connectivity index (χ0) is 18.2. The van der Waals surface area contributed by atoms with Crippen molar-refractivity contribution in [3.8, 4) is 0 Å². The van der Waals surface area contributed by atoms with Gasteiger partial charge in [-0.3, -0.25) is 4.79 Å². The predicted octanol–water partition coefficient (Wildman–Crippen LogP) is 4.15. The molecule has 0 aliphatic carbocycles. The normalized spacial score (nSPS) is 24.6. The molecule has 4 nitrogen and oxygen atoms in total. The Bertz CT molecular complexity index is 720. The summed E-state index contributed by atoms with van der Waals surface area (Å²) in [5.74, 6) is 0.386. The minimum absolute atomic E-state index is 0.0801. The number of hydrogen-bond donors (Lipinski definition) is 0. The number of hydrogen-bond acceptors (Lipinski definition) is 5. The Labute approximate surface area is 164 Å². The van der Waals surface area contributed by atoms with Crippen molar-refractivity contribution in [2.24, 2.45) is 0 Å². The van der Waals surface area contributed by atoms with Crippen LogP contribution in [-0.2, 0) is 20.9 Å². The molecule has 0 bridgehead atoms. The first-order chi connectivity index (χ1) is 11.9. The first kappa shape index (κ1) is 18.9. The fourth-order valence-corrected chi connectivity index (χ4v) is 6.41. The van der Waals surface area contributed by atoms with E-state index in [9.17, 15) is 9.59 Å². The summed E-state index contributed by atoms with van der Waals surface area (Å²) in [4.78, 5) is 28.1. The van der Waals surface area contributed by atoms with E-state index < -0.39 is 10.8 Å². The number of nitrogens with zero attached hydrogens (tertiary/aromatic N) is 1. The number of carbonyl (C=O) groups excluding carboxylic acids is 2. The Kier molecular flexibility index (Phi) is 5.56. The first-order valence-electron chi connectivity index (χ1n) is 8.10. The van der Waals surface area contributed by atoms with Crippen molar-refractivity contribution in [2.75, 3.05) is 5.75 Å². The zero-order valence-electron chi connectivity index (χ0n) is 14.3. The van der Waals surface area contributed by atoms with Gasteiger partial charge in [-0.2, -0.15) is 0 Å². The molecule has 3 rings (SSSR count). The first-order valence-corrected chi connectivity index (χ1v) is 10.8. The molecule has 1 amide bonds. The number of carbonyl (C=O) groups is 2. The lowest BCUT2D eigenvalue weighted by molar-refractivity contribution is -0.155. The van der Waals surface area contributed by atoms with Crippen LogP contribution in [0.1, 0.15) is 26.3 Å². The molecule has 7 heteroatoms. The van der Waals surface area contributed by atoms with Crippen molar-refractivity contribution in [2.45, 2.75) is 43.5 Å². The molecule has 1 fully saturated rings. The van der Waals surface area contributed by atoms with Crippen LogP contribution < -0.4 is 0 Å². The lowest BCUT2D eigenvalue weighted by Crippen LogP contribution is -2.49. The van der Waals surface area contributed by atoms with Gasteiger partial charge in [0.25, 0.3) is 5.91 Å². The van der Waals surface area contributed by atoms with Crippen LogP contribution in [0.4, 0.5) is 0 Å². The molecule has 0 unspecified atom stereocenters. The molecule has 1 aromatic carbocycles. The summed E-state index contributed by atoms with van der Waals surface area (Å²) in [6, 6.07) is 8.98. The van der Waals surface area contributed by atoms with Gasteiger partial charge in [0.1, 0.15) is 18.0 Å². The fraction of sp³-hybridized carbons (Fsp3) is 0.444. The van der Waals surface area contributed by atoms with E-state index in [1.54, 1.807) is 16.7 Å². The Balaban J connectivity index is 1.79. The van der Waals surface area contributed by atoms with Crippen LogP contribution in [0.2, 0.25) is 0 Å². The lowest BCUT2D eigenvalue weighted by Gasteiger charge is -2.28. The van der Waals surface area contributed by atoms with Gasteiger partial charge in [-0.25, -0.2) is 4.79 Å². The third-order valence-corrected chi connectivity index (χ3v) is 8.09. The van der Waals surface area contributed by atoms with Crippen molar-refractivity contribution >= 4 is 51.3 Å². The van der Waals surface area contributed by atoms with Gasteiger partial charge >= 0.3 is 5.97 Å². The van der Waals surface area contributed by atoms with Crippen LogP contribution in [0.3, 0.4) is 0 Å². The molecular weight excluding hydrogens is 422 g/mol. The average molecular weight is 442 g/mol. The van der Waals surface area contributed by atoms with Crippen LogP contribution in [0.25, 0.3) is 0 Å². The van der Waals surface area contributed by atoms with Gasteiger partial charge in [-0.05, 0) is 25.2 Å². The van der Waals surface area contributed by atoms with Gasteiger partial charge in [0, 0.05) is 9.23 Å². The number of rotatable bonds is 5. The molecule has 0 saturated carbocycles. The van der Waals surface area contributed by atoms with Gasteiger partial charge in [-0.15, -0.1) is 23.5 Å². The maximum Gasteiger partial charge on any atom is 0.330 e. The molecule has 0 radical (unpaired) electrons. The van der Waals surface area contributed by atoms with E-state index in [1.807, 2.05) is 51.1 Å². The second-order valence-electron chi connectivity index (χ2n) is 6.39. The van der Waals surface area contributed by atoms with Gasteiger partial charge in [0.2, 0.25) is 0 Å². The number of ether oxygens (including phenoxy) is 1. The highest BCUT2D eigenvalue weighted by Gasteiger charge is 2.58. The highest BCUT2D eigenvalue weighted by Crippen LogP contribution is 2.54. The Morgan fingerprint density at radius 2 is 2.04 bits per heavy atom. The summed E-state index contributed by atoms with van der Waals surface area (Å²) in [6.07, 6.45) is 0. The zero-order valence-corrected chi connectivity index (χ0v) is 17.5. The molecule has 0 aromatic heterocycles. The Morgan fingerprint density at radius 1 is 1.36 bits per heavy atom. The van der Waals surface area contributed by atoms with E-state index in [1.165, 1.54) is 11.8 Å². The maximum absolute atomic E-state index is 12.9. The standard InChI is InChI=1S/C18H20BrNO3S2/c1-4-24-13-12(19)16-20(15(13)21)14(18(2,3)25-16)17(22)23-10-11-8-6-5-7-9-11/h5-9,14,16H,4,10H2,1-3H3/t14-,16+/m0/s1. The van der Waals surface area contributed by atoms with E-state index in [4.69, 9.17) is 4.74 Å². The molecule has 2 heterocycles. The summed E-state index contributed by atoms with van der Waals surface area (Å²) < 4.78 is 6.02. The minimum Gasteiger partial charge on any atom is -0.459 e. The Hall–Kier alpha value is -0.920. The smallest absolute Gasteiger partial charge is 0.330 e. The van der Waals surface area contributed by atoms with E-state index in [-0.39, 0.29) is 23.9 Å². The number of benzene rings is 1. The summed E-state index contributed by atoms with van der Waals surface area (Å²) in [7, 11) is 0. The number of amides is 1. The van der Waals surface area contributed by atoms with Crippen molar-refractivity contribution in [1.29, 1.82) is 0 Å². The van der Waals surface area contributed by atoms with Gasteiger partial charge in [0.05, 0.1) is 4.91 Å². The molecule has 25 heavy (non-hydrogen) atoms. The van der Waals surface area contributed by atoms with Crippen LogP contribution >= 0.6 is 39.5 Å².